The van der Waals surface area contributed by atoms with E-state index in [2.05, 4.69) is 11.4 Å². The molecule has 0 fully saturated rings. The number of carbonyl (C=O) groups excluding carboxylic acids is 1. The lowest BCUT2D eigenvalue weighted by Gasteiger charge is -1.90. The molecular weight excluding hydrogens is 160 g/mol. The van der Waals surface area contributed by atoms with Crippen LogP contribution in [0.1, 0.15) is 6.42 Å². The van der Waals surface area contributed by atoms with Crippen molar-refractivity contribution in [2.45, 2.75) is 6.42 Å². The second kappa shape index (κ2) is 7.25. The van der Waals surface area contributed by atoms with Gasteiger partial charge in [-0.15, -0.1) is 6.58 Å². The number of hydrogen-bond donors (Lipinski definition) is 0. The van der Waals surface area contributed by atoms with Crippen LogP contribution in [-0.4, -0.2) is 28.3 Å². The van der Waals surface area contributed by atoms with Crippen molar-refractivity contribution in [2.24, 2.45) is 0 Å². The lowest BCUT2D eigenvalue weighted by molar-refractivity contribution is -0.115. The minimum Gasteiger partial charge on any atom is -0.361 e. The van der Waals surface area contributed by atoms with Gasteiger partial charge in [0.25, 0.3) is 0 Å². The molecule has 0 aliphatic heterocycles. The van der Waals surface area contributed by atoms with Crippen molar-refractivity contribution in [1.82, 2.24) is 0 Å². The van der Waals surface area contributed by atoms with Crippen LogP contribution >= 0.6 is 11.8 Å². The number of hydrogen-bond acceptors (Lipinski definition) is 2. The zero-order chi connectivity index (χ0) is 8.53. The molecule has 0 atom stereocenters. The van der Waals surface area contributed by atoms with Gasteiger partial charge in [0.15, 0.2) is 0 Å². The fourth-order valence-corrected chi connectivity index (χ4v) is 1.15. The number of thioether (sulfide) groups is 1. The largest absolute Gasteiger partial charge is 0.361 e. The van der Waals surface area contributed by atoms with Crippen LogP contribution in [0.15, 0.2) is 12.7 Å². The lowest BCUT2D eigenvalue weighted by Crippen LogP contribution is -2.00. The highest BCUT2D eigenvalue weighted by Crippen LogP contribution is 2.01. The van der Waals surface area contributed by atoms with E-state index in [0.29, 0.717) is 6.42 Å². The number of nitrogens with zero attached hydrogens (tertiary/aromatic N) is 2. The third-order valence-corrected chi connectivity index (χ3v) is 1.89. The second-order valence-electron chi connectivity index (χ2n) is 1.82. The van der Waals surface area contributed by atoms with Crippen LogP contribution in [0.2, 0.25) is 0 Å². The van der Waals surface area contributed by atoms with E-state index in [4.69, 9.17) is 5.53 Å². The number of carbonyl (C=O) groups is 1. The van der Waals surface area contributed by atoms with Crippen molar-refractivity contribution in [3.05, 3.63) is 18.2 Å². The summed E-state index contributed by atoms with van der Waals surface area (Å²) in [7, 11) is 0. The first kappa shape index (κ1) is 10.1. The van der Waals surface area contributed by atoms with E-state index in [9.17, 15) is 4.79 Å². The van der Waals surface area contributed by atoms with E-state index >= 15 is 0 Å². The van der Waals surface area contributed by atoms with Crippen molar-refractivity contribution < 1.29 is 9.58 Å². The maximum absolute atomic E-state index is 10.7. The molecule has 11 heavy (non-hydrogen) atoms. The average Bonchev–Trinajstić information content (AvgIpc) is 1.99. The smallest absolute Gasteiger partial charge is 0.323 e. The molecule has 0 aliphatic rings. The van der Waals surface area contributed by atoms with Gasteiger partial charge in [-0.2, -0.15) is 16.6 Å². The van der Waals surface area contributed by atoms with Crippen LogP contribution < -0.4 is 0 Å². The normalized spacial score (nSPS) is 8.36. The van der Waals surface area contributed by atoms with Gasteiger partial charge in [0.1, 0.15) is 0 Å². The first-order valence-electron chi connectivity index (χ1n) is 3.20. The highest BCUT2D eigenvalue weighted by molar-refractivity contribution is 7.99. The molecule has 3 nitrogen and oxygen atoms in total. The SMILES string of the molecule is C=CCSCCC(=O)C=[N+]=[N-]. The van der Waals surface area contributed by atoms with E-state index in [1.807, 2.05) is 0 Å². The predicted octanol–water partition coefficient (Wildman–Crippen LogP) is 1.17. The van der Waals surface area contributed by atoms with Gasteiger partial charge in [-0.3, -0.25) is 4.79 Å². The highest BCUT2D eigenvalue weighted by Gasteiger charge is 2.00. The minimum atomic E-state index is -0.149. The molecule has 0 aromatic rings. The summed E-state index contributed by atoms with van der Waals surface area (Å²) < 4.78 is 0. The van der Waals surface area contributed by atoms with Crippen LogP contribution in [0.3, 0.4) is 0 Å². The Morgan fingerprint density at radius 2 is 2.45 bits per heavy atom. The van der Waals surface area contributed by atoms with Crippen molar-refractivity contribution >= 4 is 23.8 Å². The summed E-state index contributed by atoms with van der Waals surface area (Å²) in [6.45, 7) is 3.54. The molecule has 0 saturated carbocycles. The first-order chi connectivity index (χ1) is 5.31. The van der Waals surface area contributed by atoms with Gasteiger partial charge < -0.3 is 5.53 Å². The molecule has 4 heteroatoms. The van der Waals surface area contributed by atoms with Crippen molar-refractivity contribution in [3.63, 3.8) is 0 Å². The fraction of sp³-hybridized carbons (Fsp3) is 0.429. The topological polar surface area (TPSA) is 53.5 Å². The fourth-order valence-electron chi connectivity index (χ4n) is 0.468. The molecule has 0 spiro atoms. The van der Waals surface area contributed by atoms with Crippen LogP contribution in [0.5, 0.6) is 0 Å². The summed E-state index contributed by atoms with van der Waals surface area (Å²) >= 11 is 1.63. The van der Waals surface area contributed by atoms with Gasteiger partial charge >= 0.3 is 6.21 Å². The quantitative estimate of drug-likeness (QED) is 0.197. The second-order valence-corrected chi connectivity index (χ2v) is 2.97. The maximum atomic E-state index is 10.7. The van der Waals surface area contributed by atoms with Gasteiger partial charge in [-0.25, -0.2) is 0 Å². The van der Waals surface area contributed by atoms with Gasteiger partial charge in [-0.1, -0.05) is 6.08 Å². The first-order valence-corrected chi connectivity index (χ1v) is 4.35. The number of ketones is 1. The molecule has 0 aliphatic carbocycles. The molecule has 0 bridgehead atoms. The van der Waals surface area contributed by atoms with E-state index in [1.54, 1.807) is 17.8 Å². The summed E-state index contributed by atoms with van der Waals surface area (Å²) in [5.74, 6) is 1.45. The molecule has 0 aromatic carbocycles. The number of rotatable bonds is 6. The van der Waals surface area contributed by atoms with E-state index in [-0.39, 0.29) is 5.78 Å². The molecule has 0 radical (unpaired) electrons. The Morgan fingerprint density at radius 1 is 1.73 bits per heavy atom. The third-order valence-electron chi connectivity index (χ3n) is 0.930. The summed E-state index contributed by atoms with van der Waals surface area (Å²) in [6, 6.07) is 0. The van der Waals surface area contributed by atoms with Gasteiger partial charge in [0, 0.05) is 17.9 Å². The van der Waals surface area contributed by atoms with E-state index in [0.717, 1.165) is 17.7 Å². The van der Waals surface area contributed by atoms with Gasteiger partial charge in [0.05, 0.1) is 0 Å². The Bertz CT molecular complexity index is 185. The predicted molar refractivity (Wildman–Crippen MR) is 46.8 cm³/mol. The molecular formula is C7H10N2OS. The molecule has 0 aromatic heterocycles. The summed E-state index contributed by atoms with van der Waals surface area (Å²) in [5, 5.41) is 0. The van der Waals surface area contributed by atoms with Crippen LogP contribution in [-0.2, 0) is 4.79 Å². The molecule has 0 amide bonds. The van der Waals surface area contributed by atoms with Crippen LogP contribution in [0.25, 0.3) is 5.53 Å². The maximum Gasteiger partial charge on any atom is 0.323 e. The Balaban J connectivity index is 3.31. The molecule has 0 rings (SSSR count). The van der Waals surface area contributed by atoms with Gasteiger partial charge in [-0.05, 0) is 0 Å². The Hall–Kier alpha value is -0.860. The molecule has 0 heterocycles. The van der Waals surface area contributed by atoms with E-state index < -0.39 is 0 Å². The van der Waals surface area contributed by atoms with Crippen LogP contribution in [0.4, 0.5) is 0 Å². The Labute approximate surface area is 70.1 Å². The zero-order valence-electron chi connectivity index (χ0n) is 6.19. The summed E-state index contributed by atoms with van der Waals surface area (Å²) in [4.78, 5) is 13.3. The lowest BCUT2D eigenvalue weighted by atomic mass is 10.3. The van der Waals surface area contributed by atoms with E-state index in [1.165, 1.54) is 0 Å². The average molecular weight is 170 g/mol. The standard InChI is InChI=1S/C7H10N2OS/c1-2-4-11-5-3-7(10)6-9-8/h2,6H,1,3-5H2. The zero-order valence-corrected chi connectivity index (χ0v) is 7.01. The van der Waals surface area contributed by atoms with Crippen molar-refractivity contribution in [1.29, 1.82) is 0 Å². The van der Waals surface area contributed by atoms with Crippen molar-refractivity contribution in [2.75, 3.05) is 11.5 Å². The Kier molecular flexibility index (Phi) is 6.68. The van der Waals surface area contributed by atoms with Crippen molar-refractivity contribution in [3.8, 4) is 0 Å². The molecule has 60 valence electrons. The summed E-state index contributed by atoms with van der Waals surface area (Å²) in [6.07, 6.45) is 3.13. The third kappa shape index (κ3) is 7.03. The number of Topliss-reactive ketones (excluding diaryl/α,β-unsaturated/α-hetero) is 1. The Morgan fingerprint density at radius 3 is 3.00 bits per heavy atom. The van der Waals surface area contributed by atoms with Gasteiger partial charge in [0.2, 0.25) is 5.78 Å². The highest BCUT2D eigenvalue weighted by atomic mass is 32.2. The molecule has 0 saturated heterocycles. The minimum absolute atomic E-state index is 0.149. The summed E-state index contributed by atoms with van der Waals surface area (Å²) in [5.41, 5.74) is 7.97. The molecule has 0 unspecified atom stereocenters. The monoisotopic (exact) mass is 170 g/mol. The molecule has 0 N–H and O–H groups in total. The van der Waals surface area contributed by atoms with Crippen LogP contribution in [0, 0.1) is 0 Å².